The van der Waals surface area contributed by atoms with E-state index < -0.39 is 11.8 Å². The average Bonchev–Trinajstić information content (AvgIpc) is 2.97. The Morgan fingerprint density at radius 3 is 2.82 bits per heavy atom. The van der Waals surface area contributed by atoms with Gasteiger partial charge in [-0.3, -0.25) is 14.7 Å². The molecule has 0 saturated heterocycles. The van der Waals surface area contributed by atoms with Crippen LogP contribution < -0.4 is 10.6 Å². The first kappa shape index (κ1) is 16.0. The number of H-pyrrole nitrogens is 1. The van der Waals surface area contributed by atoms with Crippen molar-refractivity contribution in [2.45, 2.75) is 26.3 Å². The van der Waals surface area contributed by atoms with E-state index in [4.69, 9.17) is 11.6 Å². The van der Waals surface area contributed by atoms with E-state index in [0.717, 1.165) is 5.56 Å². The molecule has 0 saturated carbocycles. The number of rotatable bonds is 5. The Kier molecular flexibility index (Phi) is 5.11. The molecule has 2 amide bonds. The Labute approximate surface area is 132 Å². The van der Waals surface area contributed by atoms with Gasteiger partial charge in [0.1, 0.15) is 18.6 Å². The van der Waals surface area contributed by atoms with Crippen LogP contribution in [0.1, 0.15) is 30.8 Å². The zero-order chi connectivity index (χ0) is 16.1. The van der Waals surface area contributed by atoms with E-state index >= 15 is 0 Å². The van der Waals surface area contributed by atoms with Gasteiger partial charge in [0.05, 0.1) is 6.04 Å². The zero-order valence-electron chi connectivity index (χ0n) is 12.2. The lowest BCUT2D eigenvalue weighted by atomic mass is 10.2. The van der Waals surface area contributed by atoms with Crippen molar-refractivity contribution in [2.75, 3.05) is 5.32 Å². The van der Waals surface area contributed by atoms with Crippen LogP contribution >= 0.6 is 11.6 Å². The summed E-state index contributed by atoms with van der Waals surface area (Å²) in [5, 5.41) is 12.3. The number of benzene rings is 1. The highest BCUT2D eigenvalue weighted by Crippen LogP contribution is 2.22. The van der Waals surface area contributed by atoms with Gasteiger partial charge in [-0.25, -0.2) is 4.98 Å². The summed E-state index contributed by atoms with van der Waals surface area (Å²) in [4.78, 5) is 27.7. The minimum Gasteiger partial charge on any atom is -0.346 e. The van der Waals surface area contributed by atoms with Crippen molar-refractivity contribution in [3.63, 3.8) is 0 Å². The minimum atomic E-state index is -0.410. The zero-order valence-corrected chi connectivity index (χ0v) is 12.9. The summed E-state index contributed by atoms with van der Waals surface area (Å²) >= 11 is 5.98. The maximum absolute atomic E-state index is 11.9. The highest BCUT2D eigenvalue weighted by molar-refractivity contribution is 6.31. The van der Waals surface area contributed by atoms with Crippen LogP contribution in [-0.2, 0) is 9.59 Å². The molecule has 0 aliphatic rings. The van der Waals surface area contributed by atoms with Gasteiger partial charge in [0.2, 0.25) is 11.8 Å². The quantitative estimate of drug-likeness (QED) is 0.733. The molecule has 1 aromatic carbocycles. The first-order valence-electron chi connectivity index (χ1n) is 6.67. The third-order valence-corrected chi connectivity index (χ3v) is 3.49. The molecule has 7 nitrogen and oxygen atoms in total. The van der Waals surface area contributed by atoms with Crippen LogP contribution in [0.4, 0.5) is 5.69 Å². The standard InChI is InChI=1S/C14H16ClN5O2/c1-8-10(15)4-3-5-11(8)19-13(22)6-12(21)18-9(2)14-16-7-17-20-14/h3-5,7,9H,6H2,1-2H3,(H,18,21)(H,19,22)(H,16,17,20)/t9-/m0/s1. The molecule has 0 spiro atoms. The molecular weight excluding hydrogens is 306 g/mol. The van der Waals surface area contributed by atoms with Crippen LogP contribution in [0.25, 0.3) is 0 Å². The number of hydrogen-bond acceptors (Lipinski definition) is 4. The third-order valence-electron chi connectivity index (χ3n) is 3.08. The lowest BCUT2D eigenvalue weighted by Gasteiger charge is -2.12. The first-order valence-corrected chi connectivity index (χ1v) is 7.04. The van der Waals surface area contributed by atoms with Crippen LogP contribution in [0.15, 0.2) is 24.5 Å². The van der Waals surface area contributed by atoms with Gasteiger partial charge in [-0.05, 0) is 31.5 Å². The van der Waals surface area contributed by atoms with Gasteiger partial charge >= 0.3 is 0 Å². The highest BCUT2D eigenvalue weighted by atomic mass is 35.5. The molecule has 0 radical (unpaired) electrons. The molecule has 0 aliphatic carbocycles. The number of aromatic nitrogens is 3. The Bertz CT molecular complexity index is 672. The molecule has 0 aliphatic heterocycles. The van der Waals surface area contributed by atoms with Crippen LogP contribution in [0.3, 0.4) is 0 Å². The van der Waals surface area contributed by atoms with Gasteiger partial charge in [0.15, 0.2) is 0 Å². The van der Waals surface area contributed by atoms with E-state index in [1.54, 1.807) is 32.0 Å². The lowest BCUT2D eigenvalue weighted by molar-refractivity contribution is -0.127. The molecule has 1 atom stereocenters. The Morgan fingerprint density at radius 2 is 2.14 bits per heavy atom. The molecule has 1 aromatic heterocycles. The van der Waals surface area contributed by atoms with Gasteiger partial charge in [-0.15, -0.1) is 0 Å². The lowest BCUT2D eigenvalue weighted by Crippen LogP contribution is -2.31. The van der Waals surface area contributed by atoms with Crippen molar-refractivity contribution in [1.82, 2.24) is 20.5 Å². The van der Waals surface area contributed by atoms with Gasteiger partial charge < -0.3 is 10.6 Å². The van der Waals surface area contributed by atoms with Gasteiger partial charge in [0.25, 0.3) is 0 Å². The summed E-state index contributed by atoms with van der Waals surface area (Å²) in [7, 11) is 0. The van der Waals surface area contributed by atoms with E-state index in [-0.39, 0.29) is 12.5 Å². The Morgan fingerprint density at radius 1 is 1.36 bits per heavy atom. The third kappa shape index (κ3) is 4.05. The fraction of sp³-hybridized carbons (Fsp3) is 0.286. The van der Waals surface area contributed by atoms with Crippen molar-refractivity contribution in [1.29, 1.82) is 0 Å². The smallest absolute Gasteiger partial charge is 0.233 e. The Hall–Kier alpha value is -2.41. The van der Waals surface area contributed by atoms with E-state index in [2.05, 4.69) is 25.8 Å². The van der Waals surface area contributed by atoms with Crippen molar-refractivity contribution < 1.29 is 9.59 Å². The van der Waals surface area contributed by atoms with Gasteiger partial charge in [-0.1, -0.05) is 17.7 Å². The fourth-order valence-electron chi connectivity index (χ4n) is 1.87. The summed E-state index contributed by atoms with van der Waals surface area (Å²) in [6.07, 6.45) is 1.07. The van der Waals surface area contributed by atoms with E-state index in [1.807, 2.05) is 0 Å². The number of nitrogens with zero attached hydrogens (tertiary/aromatic N) is 2. The number of anilines is 1. The summed E-state index contributed by atoms with van der Waals surface area (Å²) in [6.45, 7) is 3.54. The number of carbonyl (C=O) groups is 2. The molecule has 22 heavy (non-hydrogen) atoms. The number of amides is 2. The number of aromatic amines is 1. The fourth-order valence-corrected chi connectivity index (χ4v) is 2.04. The van der Waals surface area contributed by atoms with E-state index in [1.165, 1.54) is 6.33 Å². The molecule has 2 aromatic rings. The van der Waals surface area contributed by atoms with Crippen molar-refractivity contribution in [2.24, 2.45) is 0 Å². The van der Waals surface area contributed by atoms with Crippen molar-refractivity contribution in [3.05, 3.63) is 40.9 Å². The molecule has 0 bridgehead atoms. The number of halogens is 1. The van der Waals surface area contributed by atoms with Gasteiger partial charge in [0, 0.05) is 10.7 Å². The minimum absolute atomic E-state index is 0.287. The average molecular weight is 322 g/mol. The maximum atomic E-state index is 11.9. The van der Waals surface area contributed by atoms with Crippen LogP contribution in [0.5, 0.6) is 0 Å². The van der Waals surface area contributed by atoms with Crippen LogP contribution in [0, 0.1) is 6.92 Å². The first-order chi connectivity index (χ1) is 10.5. The van der Waals surface area contributed by atoms with Gasteiger partial charge in [-0.2, -0.15) is 5.10 Å². The second-order valence-corrected chi connectivity index (χ2v) is 5.20. The Balaban J connectivity index is 1.89. The number of hydrogen-bond donors (Lipinski definition) is 3. The van der Waals surface area contributed by atoms with Crippen LogP contribution in [0.2, 0.25) is 5.02 Å². The molecule has 0 fully saturated rings. The maximum Gasteiger partial charge on any atom is 0.233 e. The molecule has 2 rings (SSSR count). The molecule has 116 valence electrons. The highest BCUT2D eigenvalue weighted by Gasteiger charge is 2.15. The molecule has 0 unspecified atom stereocenters. The number of nitrogens with one attached hydrogen (secondary N) is 3. The normalized spacial score (nSPS) is 11.8. The van der Waals surface area contributed by atoms with Crippen LogP contribution in [-0.4, -0.2) is 27.0 Å². The summed E-state index contributed by atoms with van der Waals surface area (Å²) in [5.41, 5.74) is 1.35. The predicted octanol–water partition coefficient (Wildman–Crippen LogP) is 1.97. The summed E-state index contributed by atoms with van der Waals surface area (Å²) in [6, 6.07) is 4.85. The largest absolute Gasteiger partial charge is 0.346 e. The molecular formula is C14H16ClN5O2. The molecule has 8 heteroatoms. The molecule has 1 heterocycles. The monoisotopic (exact) mass is 321 g/mol. The van der Waals surface area contributed by atoms with E-state index in [9.17, 15) is 9.59 Å². The topological polar surface area (TPSA) is 99.8 Å². The predicted molar refractivity (Wildman–Crippen MR) is 82.4 cm³/mol. The number of carbonyl (C=O) groups excluding carboxylic acids is 2. The summed E-state index contributed by atoms with van der Waals surface area (Å²) in [5.74, 6) is -0.284. The molecule has 3 N–H and O–H groups in total. The summed E-state index contributed by atoms with van der Waals surface area (Å²) < 4.78 is 0. The second kappa shape index (κ2) is 7.04. The van der Waals surface area contributed by atoms with Crippen molar-refractivity contribution in [3.8, 4) is 0 Å². The second-order valence-electron chi connectivity index (χ2n) is 4.80. The SMILES string of the molecule is Cc1c(Cl)cccc1NC(=O)CC(=O)N[C@@H](C)c1ncn[nH]1. The van der Waals surface area contributed by atoms with E-state index in [0.29, 0.717) is 16.5 Å². The van der Waals surface area contributed by atoms with Crippen molar-refractivity contribution >= 4 is 29.1 Å².